The molecule has 2 aromatic rings. The van der Waals surface area contributed by atoms with Gasteiger partial charge in [-0.1, -0.05) is 31.5 Å². The number of aromatic nitrogens is 2. The number of hydrogen-bond acceptors (Lipinski definition) is 1. The maximum Gasteiger partial charge on any atom is 0.127 e. The third kappa shape index (κ3) is 2.29. The number of benzene rings is 1. The molecule has 1 atom stereocenters. The molecule has 1 aromatic heterocycles. The van der Waals surface area contributed by atoms with Gasteiger partial charge in [0.05, 0.1) is 5.69 Å². The van der Waals surface area contributed by atoms with Crippen molar-refractivity contribution >= 4 is 0 Å². The number of fused-ring (bicyclic) bond motifs is 1. The lowest BCUT2D eigenvalue weighted by atomic mass is 9.92. The van der Waals surface area contributed by atoms with E-state index in [0.29, 0.717) is 0 Å². The Morgan fingerprint density at radius 3 is 2.79 bits per heavy atom. The van der Waals surface area contributed by atoms with E-state index in [0.717, 1.165) is 24.1 Å². The van der Waals surface area contributed by atoms with Crippen LogP contribution in [0.3, 0.4) is 0 Å². The zero-order valence-corrected chi connectivity index (χ0v) is 11.2. The van der Waals surface area contributed by atoms with E-state index in [1.54, 1.807) is 6.07 Å². The Morgan fingerprint density at radius 2 is 1.95 bits per heavy atom. The summed E-state index contributed by atoms with van der Waals surface area (Å²) >= 11 is 0. The molecule has 0 bridgehead atoms. The smallest absolute Gasteiger partial charge is 0.127 e. The number of aromatic amines is 1. The molecule has 1 aliphatic carbocycles. The molecule has 0 aliphatic heterocycles. The monoisotopic (exact) mass is 258 g/mol. The number of nitrogens with zero attached hydrogens (tertiary/aromatic N) is 1. The van der Waals surface area contributed by atoms with E-state index >= 15 is 0 Å². The maximum absolute atomic E-state index is 13.9. The van der Waals surface area contributed by atoms with Crippen LogP contribution in [0.1, 0.15) is 54.6 Å². The summed E-state index contributed by atoms with van der Waals surface area (Å²) < 4.78 is 13.9. The number of nitrogens with one attached hydrogen (secondary N) is 1. The second-order valence-electron chi connectivity index (χ2n) is 5.37. The van der Waals surface area contributed by atoms with Gasteiger partial charge in [0, 0.05) is 11.6 Å². The Morgan fingerprint density at radius 1 is 1.16 bits per heavy atom. The molecule has 3 rings (SSSR count). The minimum atomic E-state index is -0.139. The second-order valence-corrected chi connectivity index (χ2v) is 5.37. The molecule has 0 radical (unpaired) electrons. The van der Waals surface area contributed by atoms with Crippen molar-refractivity contribution in [2.75, 3.05) is 0 Å². The summed E-state index contributed by atoms with van der Waals surface area (Å²) in [6.45, 7) is 2.04. The quantitative estimate of drug-likeness (QED) is 0.811. The Kier molecular flexibility index (Phi) is 3.36. The molecule has 100 valence electrons. The average molecular weight is 258 g/mol. The Hall–Kier alpha value is -1.64. The number of H-pyrrole nitrogens is 1. The summed E-state index contributed by atoms with van der Waals surface area (Å²) in [5.41, 5.74) is 4.35. The highest BCUT2D eigenvalue weighted by Crippen LogP contribution is 2.31. The molecule has 0 amide bonds. The van der Waals surface area contributed by atoms with Crippen LogP contribution in [-0.4, -0.2) is 10.2 Å². The molecule has 1 N–H and O–H groups in total. The van der Waals surface area contributed by atoms with Gasteiger partial charge in [0.1, 0.15) is 5.82 Å². The van der Waals surface area contributed by atoms with Gasteiger partial charge in [-0.15, -0.1) is 0 Å². The molecule has 19 heavy (non-hydrogen) atoms. The van der Waals surface area contributed by atoms with Crippen molar-refractivity contribution < 1.29 is 4.39 Å². The van der Waals surface area contributed by atoms with Gasteiger partial charge in [-0.05, 0) is 42.9 Å². The molecule has 1 unspecified atom stereocenters. The standard InChI is InChI=1S/C16H19FN2/c1-11(12-7-5-6-9-14(12)17)16-13-8-3-2-4-10-15(13)18-19-16/h5-7,9,11H,2-4,8,10H2,1H3,(H,18,19). The van der Waals surface area contributed by atoms with Crippen molar-refractivity contribution in [3.8, 4) is 0 Å². The molecule has 3 heteroatoms. The van der Waals surface area contributed by atoms with Crippen LogP contribution in [0.4, 0.5) is 4.39 Å². The summed E-state index contributed by atoms with van der Waals surface area (Å²) in [7, 11) is 0. The molecular formula is C16H19FN2. The van der Waals surface area contributed by atoms with Gasteiger partial charge in [-0.2, -0.15) is 5.10 Å². The molecule has 0 saturated heterocycles. The van der Waals surface area contributed by atoms with Crippen LogP contribution in [0.5, 0.6) is 0 Å². The first-order valence-electron chi connectivity index (χ1n) is 7.08. The topological polar surface area (TPSA) is 28.7 Å². The summed E-state index contributed by atoms with van der Waals surface area (Å²) in [6, 6.07) is 7.01. The van der Waals surface area contributed by atoms with E-state index in [4.69, 9.17) is 0 Å². The molecular weight excluding hydrogens is 239 g/mol. The van der Waals surface area contributed by atoms with Gasteiger partial charge in [0.15, 0.2) is 0 Å². The van der Waals surface area contributed by atoms with Crippen molar-refractivity contribution in [1.82, 2.24) is 10.2 Å². The van der Waals surface area contributed by atoms with Gasteiger partial charge in [0.25, 0.3) is 0 Å². The largest absolute Gasteiger partial charge is 0.282 e. The SMILES string of the molecule is CC(c1ccccc1F)c1n[nH]c2c1CCCCC2. The van der Waals surface area contributed by atoms with E-state index in [1.807, 2.05) is 19.1 Å². The summed E-state index contributed by atoms with van der Waals surface area (Å²) in [5, 5.41) is 7.63. The predicted octanol–water partition coefficient (Wildman–Crippen LogP) is 3.97. The van der Waals surface area contributed by atoms with Gasteiger partial charge in [-0.3, -0.25) is 5.10 Å². The fraction of sp³-hybridized carbons (Fsp3) is 0.438. The van der Waals surface area contributed by atoms with Crippen LogP contribution < -0.4 is 0 Å². The van der Waals surface area contributed by atoms with E-state index in [-0.39, 0.29) is 11.7 Å². The molecule has 2 nitrogen and oxygen atoms in total. The van der Waals surface area contributed by atoms with E-state index in [1.165, 1.54) is 36.6 Å². The fourth-order valence-corrected chi connectivity index (χ4v) is 3.02. The Labute approximate surface area is 113 Å². The molecule has 0 spiro atoms. The van der Waals surface area contributed by atoms with E-state index in [2.05, 4.69) is 10.2 Å². The normalized spacial score (nSPS) is 16.7. The number of aryl methyl sites for hydroxylation is 1. The third-order valence-electron chi connectivity index (χ3n) is 4.12. The average Bonchev–Trinajstić information content (AvgIpc) is 2.67. The van der Waals surface area contributed by atoms with Crippen LogP contribution in [0.2, 0.25) is 0 Å². The summed E-state index contributed by atoms with van der Waals surface area (Å²) in [6.07, 6.45) is 5.86. The highest BCUT2D eigenvalue weighted by Gasteiger charge is 2.22. The van der Waals surface area contributed by atoms with E-state index < -0.39 is 0 Å². The van der Waals surface area contributed by atoms with Crippen LogP contribution in [0.25, 0.3) is 0 Å². The summed E-state index contributed by atoms with van der Waals surface area (Å²) in [4.78, 5) is 0. The first-order valence-corrected chi connectivity index (χ1v) is 7.08. The number of halogens is 1. The Bertz CT molecular complexity index is 574. The third-order valence-corrected chi connectivity index (χ3v) is 4.12. The number of rotatable bonds is 2. The van der Waals surface area contributed by atoms with Crippen LogP contribution in [0.15, 0.2) is 24.3 Å². The van der Waals surface area contributed by atoms with Crippen LogP contribution in [-0.2, 0) is 12.8 Å². The van der Waals surface area contributed by atoms with Crippen molar-refractivity contribution in [3.05, 3.63) is 52.6 Å². The minimum Gasteiger partial charge on any atom is -0.282 e. The predicted molar refractivity (Wildman–Crippen MR) is 73.8 cm³/mol. The fourth-order valence-electron chi connectivity index (χ4n) is 3.02. The highest BCUT2D eigenvalue weighted by molar-refractivity contribution is 5.36. The lowest BCUT2D eigenvalue weighted by Gasteiger charge is -2.12. The Balaban J connectivity index is 1.98. The highest BCUT2D eigenvalue weighted by atomic mass is 19.1. The molecule has 1 aromatic carbocycles. The zero-order chi connectivity index (χ0) is 13.2. The van der Waals surface area contributed by atoms with E-state index in [9.17, 15) is 4.39 Å². The van der Waals surface area contributed by atoms with Gasteiger partial charge >= 0.3 is 0 Å². The van der Waals surface area contributed by atoms with Crippen molar-refractivity contribution in [3.63, 3.8) is 0 Å². The van der Waals surface area contributed by atoms with Crippen molar-refractivity contribution in [2.45, 2.75) is 44.9 Å². The zero-order valence-electron chi connectivity index (χ0n) is 11.2. The van der Waals surface area contributed by atoms with Gasteiger partial charge < -0.3 is 0 Å². The molecule has 1 heterocycles. The molecule has 0 fully saturated rings. The van der Waals surface area contributed by atoms with Crippen molar-refractivity contribution in [1.29, 1.82) is 0 Å². The van der Waals surface area contributed by atoms with Crippen LogP contribution in [0, 0.1) is 5.82 Å². The number of hydrogen-bond donors (Lipinski definition) is 1. The van der Waals surface area contributed by atoms with Crippen molar-refractivity contribution in [2.24, 2.45) is 0 Å². The first kappa shape index (κ1) is 12.4. The second kappa shape index (κ2) is 5.16. The van der Waals surface area contributed by atoms with Crippen LogP contribution >= 0.6 is 0 Å². The van der Waals surface area contributed by atoms with Gasteiger partial charge in [-0.25, -0.2) is 4.39 Å². The lowest BCUT2D eigenvalue weighted by molar-refractivity contribution is 0.599. The maximum atomic E-state index is 13.9. The minimum absolute atomic E-state index is 0.0132. The first-order chi connectivity index (χ1) is 9.27. The molecule has 1 aliphatic rings. The van der Waals surface area contributed by atoms with Gasteiger partial charge in [0.2, 0.25) is 0 Å². The lowest BCUT2D eigenvalue weighted by Crippen LogP contribution is -2.03. The summed E-state index contributed by atoms with van der Waals surface area (Å²) in [5.74, 6) is -0.125. The molecule has 0 saturated carbocycles.